The summed E-state index contributed by atoms with van der Waals surface area (Å²) in [5.41, 5.74) is 3.88. The van der Waals surface area contributed by atoms with Gasteiger partial charge in [-0.05, 0) is 42.5 Å². The van der Waals surface area contributed by atoms with Crippen LogP contribution in [0.15, 0.2) is 48.8 Å². The number of anilines is 2. The molecule has 1 aliphatic rings. The number of halogens is 1. The molecule has 0 saturated carbocycles. The first-order valence-corrected chi connectivity index (χ1v) is 17.3. The fourth-order valence-electron chi connectivity index (χ4n) is 5.00. The van der Waals surface area contributed by atoms with Crippen molar-refractivity contribution < 1.29 is 32.8 Å². The van der Waals surface area contributed by atoms with Gasteiger partial charge in [-0.15, -0.1) is 0 Å². The van der Waals surface area contributed by atoms with E-state index >= 15 is 4.39 Å². The number of carbonyl (C=O) groups excluding carboxylic acids is 1. The number of fused-ring (bicyclic) bond motifs is 2. The molecule has 0 amide bonds. The number of esters is 1. The predicted molar refractivity (Wildman–Crippen MR) is 177 cm³/mol. The van der Waals surface area contributed by atoms with E-state index in [4.69, 9.17) is 36.1 Å². The maximum absolute atomic E-state index is 16.2. The lowest BCUT2D eigenvalue weighted by molar-refractivity contribution is -0.148. The largest absolute Gasteiger partial charge is 0.464 e. The lowest BCUT2D eigenvalue weighted by atomic mass is 9.98. The summed E-state index contributed by atoms with van der Waals surface area (Å²) in [4.78, 5) is 25.5. The third-order valence-corrected chi connectivity index (χ3v) is 9.86. The molecule has 0 spiro atoms. The van der Waals surface area contributed by atoms with Gasteiger partial charge in [-0.1, -0.05) is 57.2 Å². The van der Waals surface area contributed by atoms with Crippen LogP contribution in [0, 0.1) is 5.41 Å². The van der Waals surface area contributed by atoms with Gasteiger partial charge in [-0.2, -0.15) is 9.97 Å². The summed E-state index contributed by atoms with van der Waals surface area (Å²) >= 11 is 5.91. The molecule has 46 heavy (non-hydrogen) atoms. The zero-order valence-electron chi connectivity index (χ0n) is 26.4. The molecule has 13 nitrogen and oxygen atoms in total. The summed E-state index contributed by atoms with van der Waals surface area (Å²) in [5.74, 6) is 0.183. The number of ether oxygens (including phenoxy) is 2. The van der Waals surface area contributed by atoms with E-state index in [2.05, 4.69) is 25.4 Å². The third kappa shape index (κ3) is 7.09. The van der Waals surface area contributed by atoms with Crippen LogP contribution in [0.25, 0.3) is 21.9 Å². The molecule has 16 heteroatoms. The van der Waals surface area contributed by atoms with Crippen molar-refractivity contribution in [3.8, 4) is 5.75 Å². The van der Waals surface area contributed by atoms with E-state index in [1.165, 1.54) is 17.8 Å². The Kier molecular flexibility index (Phi) is 9.56. The molecule has 4 aromatic rings. The Hall–Kier alpha value is -3.46. The van der Waals surface area contributed by atoms with E-state index in [1.807, 2.05) is 57.2 Å². The van der Waals surface area contributed by atoms with Gasteiger partial charge in [0.05, 0.1) is 19.5 Å². The highest BCUT2D eigenvalue weighted by atomic mass is 32.5. The van der Waals surface area contributed by atoms with Crippen LogP contribution in [0.3, 0.4) is 0 Å². The van der Waals surface area contributed by atoms with Crippen molar-refractivity contribution >= 4 is 58.1 Å². The third-order valence-electron chi connectivity index (χ3n) is 7.37. The quantitative estimate of drug-likeness (QED) is 0.130. The topological polar surface area (TPSA) is 168 Å². The molecule has 6 atom stereocenters. The fourth-order valence-corrected chi connectivity index (χ4v) is 7.42. The molecule has 2 aromatic carbocycles. The average Bonchev–Trinajstić information content (AvgIpc) is 3.51. The molecule has 1 fully saturated rings. The second-order valence-corrected chi connectivity index (χ2v) is 15.6. The first-order valence-electron chi connectivity index (χ1n) is 14.7. The molecule has 0 aliphatic carbocycles. The average molecular weight is 676 g/mol. The number of benzene rings is 2. The molecule has 5 N–H and O–H groups in total. The van der Waals surface area contributed by atoms with Crippen LogP contribution < -0.4 is 20.7 Å². The molecule has 5 rings (SSSR count). The number of aliphatic hydroxyl groups excluding tert-OH is 1. The molecule has 0 unspecified atom stereocenters. The SMILES string of the molecule is CNc1nc(N)nc2c1ncn2[C@@H]1O[C@H](CO[P@](=S)(N[C@H](C)C(=O)OCC(C)(C)C)Oc2cccc3ccccc23)[C@@H](O)[C@@]1(C)F. The van der Waals surface area contributed by atoms with Crippen molar-refractivity contribution in [1.29, 1.82) is 0 Å². The normalized spacial score (nSPS) is 23.7. The summed E-state index contributed by atoms with van der Waals surface area (Å²) in [7, 11) is 1.65. The van der Waals surface area contributed by atoms with Crippen molar-refractivity contribution in [2.75, 3.05) is 31.3 Å². The summed E-state index contributed by atoms with van der Waals surface area (Å²) in [5, 5.41) is 18.7. The Morgan fingerprint density at radius 1 is 1.26 bits per heavy atom. The van der Waals surface area contributed by atoms with Gasteiger partial charge < -0.3 is 34.7 Å². The number of imidazole rings is 1. The number of aliphatic hydroxyl groups is 1. The van der Waals surface area contributed by atoms with Gasteiger partial charge >= 0.3 is 12.6 Å². The van der Waals surface area contributed by atoms with Gasteiger partial charge in [0.25, 0.3) is 0 Å². The number of nitrogens with zero attached hydrogens (tertiary/aromatic N) is 4. The maximum atomic E-state index is 16.2. The molecular weight excluding hydrogens is 636 g/mol. The van der Waals surface area contributed by atoms with Crippen LogP contribution in [-0.4, -0.2) is 74.8 Å². The van der Waals surface area contributed by atoms with Crippen molar-refractivity contribution in [2.24, 2.45) is 5.41 Å². The number of rotatable bonds is 11. The minimum Gasteiger partial charge on any atom is -0.464 e. The molecular formula is C30H39FN7O6PS. The Morgan fingerprint density at radius 2 is 1.98 bits per heavy atom. The number of nitrogens with two attached hydrogens (primary N) is 1. The second-order valence-electron chi connectivity index (χ2n) is 12.5. The van der Waals surface area contributed by atoms with E-state index in [-0.39, 0.29) is 30.2 Å². The number of hydrogen-bond donors (Lipinski definition) is 4. The number of hydrogen-bond acceptors (Lipinski definition) is 12. The van der Waals surface area contributed by atoms with Gasteiger partial charge in [0.15, 0.2) is 28.9 Å². The zero-order chi connectivity index (χ0) is 33.4. The first kappa shape index (κ1) is 33.9. The summed E-state index contributed by atoms with van der Waals surface area (Å²) in [6.07, 6.45) is -2.84. The first-order chi connectivity index (χ1) is 21.6. The van der Waals surface area contributed by atoms with E-state index in [9.17, 15) is 9.90 Å². The minimum absolute atomic E-state index is 0.0508. The van der Waals surface area contributed by atoms with Crippen molar-refractivity contribution in [3.05, 3.63) is 48.8 Å². The molecule has 0 radical (unpaired) electrons. The fraction of sp³-hybridized carbons (Fsp3) is 0.467. The molecule has 1 aliphatic heterocycles. The Balaban J connectivity index is 1.40. The van der Waals surface area contributed by atoms with E-state index in [0.29, 0.717) is 17.1 Å². The summed E-state index contributed by atoms with van der Waals surface area (Å²) in [6, 6.07) is 12.1. The smallest absolute Gasteiger partial charge is 0.323 e. The van der Waals surface area contributed by atoms with Gasteiger partial charge in [0.1, 0.15) is 24.0 Å². The minimum atomic E-state index is -3.57. The van der Waals surface area contributed by atoms with E-state index < -0.39 is 42.8 Å². The van der Waals surface area contributed by atoms with Gasteiger partial charge in [-0.25, -0.2) is 14.5 Å². The van der Waals surface area contributed by atoms with Gasteiger partial charge in [0, 0.05) is 12.4 Å². The van der Waals surface area contributed by atoms with Crippen LogP contribution >= 0.6 is 6.64 Å². The summed E-state index contributed by atoms with van der Waals surface area (Å²) < 4.78 is 41.6. The molecule has 3 heterocycles. The Morgan fingerprint density at radius 3 is 2.70 bits per heavy atom. The molecule has 2 aromatic heterocycles. The highest BCUT2D eigenvalue weighted by Gasteiger charge is 2.56. The zero-order valence-corrected chi connectivity index (χ0v) is 28.1. The van der Waals surface area contributed by atoms with Gasteiger partial charge in [-0.3, -0.25) is 9.36 Å². The molecule has 248 valence electrons. The monoisotopic (exact) mass is 675 g/mol. The number of aromatic nitrogens is 4. The van der Waals surface area contributed by atoms with Crippen LogP contribution in [0.2, 0.25) is 0 Å². The van der Waals surface area contributed by atoms with Crippen LogP contribution in [0.1, 0.15) is 40.8 Å². The molecule has 0 bridgehead atoms. The van der Waals surface area contributed by atoms with Crippen LogP contribution in [-0.2, 0) is 30.6 Å². The van der Waals surface area contributed by atoms with Crippen molar-refractivity contribution in [2.45, 2.75) is 64.8 Å². The lowest BCUT2D eigenvalue weighted by Crippen LogP contribution is -2.41. The highest BCUT2D eigenvalue weighted by Crippen LogP contribution is 2.49. The van der Waals surface area contributed by atoms with Gasteiger partial charge in [0.2, 0.25) is 5.95 Å². The second kappa shape index (κ2) is 13.0. The number of carbonyl (C=O) groups is 1. The van der Waals surface area contributed by atoms with Crippen LogP contribution in [0.5, 0.6) is 5.75 Å². The number of nitrogen functional groups attached to an aromatic ring is 1. The van der Waals surface area contributed by atoms with Crippen molar-refractivity contribution in [1.82, 2.24) is 24.6 Å². The van der Waals surface area contributed by atoms with Crippen LogP contribution in [0.4, 0.5) is 16.2 Å². The maximum Gasteiger partial charge on any atom is 0.323 e. The van der Waals surface area contributed by atoms with Crippen molar-refractivity contribution in [3.63, 3.8) is 0 Å². The van der Waals surface area contributed by atoms with E-state index in [0.717, 1.165) is 10.8 Å². The predicted octanol–water partition coefficient (Wildman–Crippen LogP) is 4.48. The standard InChI is InChI=1S/C30H39FN7O6PS/c1-17(26(40)41-15-29(2,3)4)37-45(46,44-20-13-9-11-18-10-7-8-12-19(18)20)42-14-21-23(39)30(5,31)27(43-21)38-16-34-22-24(33-6)35-28(32)36-25(22)38/h7-13,16-17,21,23,27,39H,14-15H2,1-6H3,(H,37,46)(H3,32,33,35,36)/t17-,21-,23-,27-,30-,45-/m1/s1. The molecule has 1 saturated heterocycles. The lowest BCUT2D eigenvalue weighted by Gasteiger charge is -2.29. The van der Waals surface area contributed by atoms with E-state index in [1.54, 1.807) is 20.0 Å². The highest BCUT2D eigenvalue weighted by molar-refractivity contribution is 8.09. The Labute approximate surface area is 271 Å². The number of alkyl halides is 1. The number of nitrogens with one attached hydrogen (secondary N) is 2. The summed E-state index contributed by atoms with van der Waals surface area (Å²) in [6.45, 7) is 4.89. The Bertz CT molecular complexity index is 1780.